The molecule has 1 saturated heterocycles. The van der Waals surface area contributed by atoms with Crippen molar-refractivity contribution in [1.29, 1.82) is 0 Å². The summed E-state index contributed by atoms with van der Waals surface area (Å²) in [6, 6.07) is 9.79. The Kier molecular flexibility index (Phi) is 5.09. The summed E-state index contributed by atoms with van der Waals surface area (Å²) >= 11 is 0. The van der Waals surface area contributed by atoms with Crippen molar-refractivity contribution in [2.75, 3.05) is 26.7 Å². The molecule has 0 saturated carbocycles. The summed E-state index contributed by atoms with van der Waals surface area (Å²) in [7, 11) is 1.77. The van der Waals surface area contributed by atoms with Crippen LogP contribution in [0.5, 0.6) is 0 Å². The van der Waals surface area contributed by atoms with Gasteiger partial charge in [-0.3, -0.25) is 9.69 Å². The Hall–Kier alpha value is -1.46. The molecule has 4 nitrogen and oxygen atoms in total. The molecule has 1 heterocycles. The number of carbonyl (C=O) groups excluding carboxylic acids is 1. The van der Waals surface area contributed by atoms with Gasteiger partial charge in [-0.2, -0.15) is 0 Å². The van der Waals surface area contributed by atoms with Gasteiger partial charge in [-0.25, -0.2) is 4.39 Å². The van der Waals surface area contributed by atoms with Crippen LogP contribution in [0.15, 0.2) is 30.3 Å². The van der Waals surface area contributed by atoms with E-state index in [-0.39, 0.29) is 12.5 Å². The van der Waals surface area contributed by atoms with Gasteiger partial charge >= 0.3 is 0 Å². The van der Waals surface area contributed by atoms with E-state index < -0.39 is 12.3 Å². The van der Waals surface area contributed by atoms with E-state index in [9.17, 15) is 14.3 Å². The van der Waals surface area contributed by atoms with Crippen molar-refractivity contribution in [3.63, 3.8) is 0 Å². The smallest absolute Gasteiger partial charge is 0.223 e. The maximum atomic E-state index is 13.2. The summed E-state index contributed by atoms with van der Waals surface area (Å²) in [6.07, 6.45) is -1.75. The number of aliphatic hydroxyl groups is 1. The number of likely N-dealkylation sites (tertiary alicyclic amines) is 1. The lowest BCUT2D eigenvalue weighted by Crippen LogP contribution is -2.31. The number of rotatable bonds is 5. The van der Waals surface area contributed by atoms with Crippen LogP contribution >= 0.6 is 0 Å². The number of benzene rings is 1. The van der Waals surface area contributed by atoms with Crippen LogP contribution in [0, 0.1) is 0 Å². The maximum absolute atomic E-state index is 13.2. The third-order valence-corrected chi connectivity index (χ3v) is 3.63. The molecule has 0 aromatic heterocycles. The van der Waals surface area contributed by atoms with Crippen molar-refractivity contribution in [2.45, 2.75) is 25.2 Å². The molecule has 0 unspecified atom stereocenters. The van der Waals surface area contributed by atoms with Crippen LogP contribution in [-0.2, 0) is 11.3 Å². The largest absolute Gasteiger partial charge is 0.389 e. The molecule has 1 amide bonds. The first-order chi connectivity index (χ1) is 9.56. The zero-order valence-electron chi connectivity index (χ0n) is 11.7. The molecule has 0 aliphatic carbocycles. The molecule has 1 aromatic rings. The molecular formula is C15H21FN2O2. The normalized spacial score (nSPS) is 22.9. The van der Waals surface area contributed by atoms with Gasteiger partial charge in [0.25, 0.3) is 0 Å². The maximum Gasteiger partial charge on any atom is 0.223 e. The second-order valence-corrected chi connectivity index (χ2v) is 5.33. The lowest BCUT2D eigenvalue weighted by Gasteiger charge is -2.20. The quantitative estimate of drug-likeness (QED) is 0.877. The van der Waals surface area contributed by atoms with Crippen LogP contribution in [-0.4, -0.2) is 59.8 Å². The number of hydrogen-bond donors (Lipinski definition) is 1. The SMILES string of the molecule is CN(Cc1ccccc1)C(=O)CCN1C[C@@H](O)[C@H](F)C1. The molecule has 1 N–H and O–H groups in total. The van der Waals surface area contributed by atoms with Gasteiger partial charge in [0.2, 0.25) is 5.91 Å². The third kappa shape index (κ3) is 4.02. The number of alkyl halides is 1. The van der Waals surface area contributed by atoms with Crippen molar-refractivity contribution in [1.82, 2.24) is 9.80 Å². The van der Waals surface area contributed by atoms with Crippen LogP contribution in [0.4, 0.5) is 4.39 Å². The number of halogens is 1. The van der Waals surface area contributed by atoms with Crippen molar-refractivity contribution in [3.05, 3.63) is 35.9 Å². The van der Waals surface area contributed by atoms with E-state index in [1.807, 2.05) is 30.3 Å². The number of carbonyl (C=O) groups is 1. The number of amides is 1. The highest BCUT2D eigenvalue weighted by Crippen LogP contribution is 2.13. The fourth-order valence-electron chi connectivity index (χ4n) is 2.39. The van der Waals surface area contributed by atoms with Crippen molar-refractivity contribution in [2.24, 2.45) is 0 Å². The van der Waals surface area contributed by atoms with Gasteiger partial charge < -0.3 is 10.0 Å². The number of β-amino-alcohol motifs (C(OH)–C–C–N with tert-alkyl or cyclic N) is 1. The van der Waals surface area contributed by atoms with E-state index in [2.05, 4.69) is 0 Å². The van der Waals surface area contributed by atoms with Crippen molar-refractivity contribution >= 4 is 5.91 Å². The first-order valence-corrected chi connectivity index (χ1v) is 6.88. The van der Waals surface area contributed by atoms with Gasteiger partial charge in [0.1, 0.15) is 6.17 Å². The van der Waals surface area contributed by atoms with E-state index in [0.29, 0.717) is 26.1 Å². The van der Waals surface area contributed by atoms with E-state index in [1.165, 1.54) is 0 Å². The minimum Gasteiger partial charge on any atom is -0.389 e. The molecule has 0 radical (unpaired) electrons. The Morgan fingerprint density at radius 3 is 2.70 bits per heavy atom. The Morgan fingerprint density at radius 2 is 2.10 bits per heavy atom. The molecule has 1 fully saturated rings. The Balaban J connectivity index is 1.74. The second-order valence-electron chi connectivity index (χ2n) is 5.33. The molecule has 2 atom stereocenters. The Labute approximate surface area is 118 Å². The van der Waals surface area contributed by atoms with Crippen LogP contribution < -0.4 is 0 Å². The van der Waals surface area contributed by atoms with Gasteiger partial charge in [-0.1, -0.05) is 30.3 Å². The molecule has 0 spiro atoms. The molecule has 1 aliphatic rings. The van der Waals surface area contributed by atoms with E-state index in [4.69, 9.17) is 0 Å². The van der Waals surface area contributed by atoms with Gasteiger partial charge in [-0.05, 0) is 5.56 Å². The first kappa shape index (κ1) is 14.9. The summed E-state index contributed by atoms with van der Waals surface area (Å²) in [6.45, 7) is 1.61. The molecular weight excluding hydrogens is 259 g/mol. The fraction of sp³-hybridized carbons (Fsp3) is 0.533. The predicted molar refractivity (Wildman–Crippen MR) is 74.9 cm³/mol. The van der Waals surface area contributed by atoms with Crippen molar-refractivity contribution < 1.29 is 14.3 Å². The lowest BCUT2D eigenvalue weighted by molar-refractivity contribution is -0.130. The van der Waals surface area contributed by atoms with E-state index >= 15 is 0 Å². The highest BCUT2D eigenvalue weighted by atomic mass is 19.1. The zero-order valence-corrected chi connectivity index (χ0v) is 11.7. The molecule has 2 rings (SSSR count). The highest BCUT2D eigenvalue weighted by molar-refractivity contribution is 5.76. The van der Waals surface area contributed by atoms with E-state index in [1.54, 1.807) is 16.8 Å². The Bertz CT molecular complexity index is 431. The number of aliphatic hydroxyl groups excluding tert-OH is 1. The van der Waals surface area contributed by atoms with Crippen LogP contribution in [0.2, 0.25) is 0 Å². The molecule has 110 valence electrons. The highest BCUT2D eigenvalue weighted by Gasteiger charge is 2.31. The zero-order chi connectivity index (χ0) is 14.5. The van der Waals surface area contributed by atoms with Gasteiger partial charge in [0, 0.05) is 39.6 Å². The predicted octanol–water partition coefficient (Wildman–Crippen LogP) is 1.05. The first-order valence-electron chi connectivity index (χ1n) is 6.88. The molecule has 0 bridgehead atoms. The average Bonchev–Trinajstić information content (AvgIpc) is 2.76. The van der Waals surface area contributed by atoms with Crippen LogP contribution in [0.3, 0.4) is 0 Å². The standard InChI is InChI=1S/C15H21FN2O2/c1-17(9-12-5-3-2-4-6-12)15(20)7-8-18-10-13(16)14(19)11-18/h2-6,13-14,19H,7-11H2,1H3/t13-,14-/m1/s1. The summed E-state index contributed by atoms with van der Waals surface area (Å²) in [5.74, 6) is 0.0330. The topological polar surface area (TPSA) is 43.8 Å². The minimum absolute atomic E-state index is 0.0330. The Morgan fingerprint density at radius 1 is 1.40 bits per heavy atom. The summed E-state index contributed by atoms with van der Waals surface area (Å²) in [5, 5.41) is 9.33. The van der Waals surface area contributed by atoms with Gasteiger partial charge in [-0.15, -0.1) is 0 Å². The summed E-state index contributed by atoms with van der Waals surface area (Å²) < 4.78 is 13.2. The second kappa shape index (κ2) is 6.81. The van der Waals surface area contributed by atoms with Gasteiger partial charge in [0.05, 0.1) is 6.10 Å². The third-order valence-electron chi connectivity index (χ3n) is 3.63. The number of hydrogen-bond acceptors (Lipinski definition) is 3. The summed E-state index contributed by atoms with van der Waals surface area (Å²) in [5.41, 5.74) is 1.09. The summed E-state index contributed by atoms with van der Waals surface area (Å²) in [4.78, 5) is 15.5. The fourth-order valence-corrected chi connectivity index (χ4v) is 2.39. The molecule has 5 heteroatoms. The molecule has 1 aromatic carbocycles. The van der Waals surface area contributed by atoms with E-state index in [0.717, 1.165) is 5.56 Å². The lowest BCUT2D eigenvalue weighted by atomic mass is 10.2. The van der Waals surface area contributed by atoms with Crippen LogP contribution in [0.1, 0.15) is 12.0 Å². The van der Waals surface area contributed by atoms with Gasteiger partial charge in [0.15, 0.2) is 0 Å². The van der Waals surface area contributed by atoms with Crippen LogP contribution in [0.25, 0.3) is 0 Å². The average molecular weight is 280 g/mol. The molecule has 20 heavy (non-hydrogen) atoms. The number of nitrogens with zero attached hydrogens (tertiary/aromatic N) is 2. The van der Waals surface area contributed by atoms with Crippen molar-refractivity contribution in [3.8, 4) is 0 Å². The minimum atomic E-state index is -1.19. The monoisotopic (exact) mass is 280 g/mol. The molecule has 1 aliphatic heterocycles.